The van der Waals surface area contributed by atoms with Crippen molar-refractivity contribution in [3.63, 3.8) is 0 Å². The van der Waals surface area contributed by atoms with E-state index in [1.54, 1.807) is 11.8 Å². The molecule has 1 aliphatic heterocycles. The van der Waals surface area contributed by atoms with Crippen molar-refractivity contribution in [3.05, 3.63) is 24.3 Å². The highest BCUT2D eigenvalue weighted by atomic mass is 32.2. The summed E-state index contributed by atoms with van der Waals surface area (Å²) in [5, 5.41) is 5.62. The van der Waals surface area contributed by atoms with E-state index in [0.29, 0.717) is 19.4 Å². The van der Waals surface area contributed by atoms with E-state index in [1.165, 1.54) is 0 Å². The van der Waals surface area contributed by atoms with Crippen molar-refractivity contribution in [1.82, 2.24) is 5.32 Å². The zero-order chi connectivity index (χ0) is 13.0. The summed E-state index contributed by atoms with van der Waals surface area (Å²) < 4.78 is 0. The van der Waals surface area contributed by atoms with Crippen molar-refractivity contribution >= 4 is 29.3 Å². The first-order valence-electron chi connectivity index (χ1n) is 5.90. The summed E-state index contributed by atoms with van der Waals surface area (Å²) in [6, 6.07) is 7.74. The predicted octanol–water partition coefficient (Wildman–Crippen LogP) is 1.87. The lowest BCUT2D eigenvalue weighted by Gasteiger charge is -2.21. The van der Waals surface area contributed by atoms with Gasteiger partial charge in [0.2, 0.25) is 11.8 Å². The van der Waals surface area contributed by atoms with Crippen LogP contribution in [-0.2, 0) is 9.59 Å². The average molecular weight is 264 g/mol. The number of thioether (sulfide) groups is 1. The standard InChI is InChI=1S/C13H16N2O2S/c1-18-11-4-2-3-10(7-11)15-13(17)9-5-6-12(16)14-8-9/h2-4,7,9H,5-6,8H2,1H3,(H,14,16)(H,15,17). The number of amides is 2. The molecular formula is C13H16N2O2S. The zero-order valence-corrected chi connectivity index (χ0v) is 11.0. The van der Waals surface area contributed by atoms with Gasteiger partial charge in [-0.3, -0.25) is 9.59 Å². The van der Waals surface area contributed by atoms with E-state index < -0.39 is 0 Å². The molecule has 0 bridgehead atoms. The van der Waals surface area contributed by atoms with Gasteiger partial charge in [-0.1, -0.05) is 6.07 Å². The largest absolute Gasteiger partial charge is 0.355 e. The Kier molecular flexibility index (Phi) is 4.25. The van der Waals surface area contributed by atoms with E-state index in [9.17, 15) is 9.59 Å². The maximum atomic E-state index is 12.0. The van der Waals surface area contributed by atoms with Crippen molar-refractivity contribution in [2.24, 2.45) is 5.92 Å². The van der Waals surface area contributed by atoms with Gasteiger partial charge in [0.25, 0.3) is 0 Å². The maximum Gasteiger partial charge on any atom is 0.229 e. The van der Waals surface area contributed by atoms with Crippen LogP contribution in [0.25, 0.3) is 0 Å². The van der Waals surface area contributed by atoms with Crippen LogP contribution >= 0.6 is 11.8 Å². The van der Waals surface area contributed by atoms with Gasteiger partial charge in [0, 0.05) is 23.5 Å². The molecule has 2 amide bonds. The number of piperidine rings is 1. The van der Waals surface area contributed by atoms with Crippen LogP contribution in [0, 0.1) is 5.92 Å². The second kappa shape index (κ2) is 5.91. The van der Waals surface area contributed by atoms with Crippen molar-refractivity contribution < 1.29 is 9.59 Å². The van der Waals surface area contributed by atoms with Crippen LogP contribution in [0.3, 0.4) is 0 Å². The second-order valence-corrected chi connectivity index (χ2v) is 5.14. The molecular weight excluding hydrogens is 248 g/mol. The smallest absolute Gasteiger partial charge is 0.229 e. The minimum absolute atomic E-state index is 0.0201. The van der Waals surface area contributed by atoms with Crippen LogP contribution < -0.4 is 10.6 Å². The lowest BCUT2D eigenvalue weighted by Crippen LogP contribution is -2.40. The number of nitrogens with one attached hydrogen (secondary N) is 2. The summed E-state index contributed by atoms with van der Waals surface area (Å²) in [7, 11) is 0. The van der Waals surface area contributed by atoms with Crippen molar-refractivity contribution in [3.8, 4) is 0 Å². The quantitative estimate of drug-likeness (QED) is 0.819. The van der Waals surface area contributed by atoms with Gasteiger partial charge in [-0.2, -0.15) is 0 Å². The number of hydrogen-bond donors (Lipinski definition) is 2. The Labute approximate surface area is 111 Å². The van der Waals surface area contributed by atoms with Crippen molar-refractivity contribution in [2.75, 3.05) is 18.1 Å². The van der Waals surface area contributed by atoms with Gasteiger partial charge in [-0.05, 0) is 30.9 Å². The molecule has 1 saturated heterocycles. The van der Waals surface area contributed by atoms with E-state index >= 15 is 0 Å². The molecule has 1 atom stereocenters. The number of carbonyl (C=O) groups excluding carboxylic acids is 2. The Morgan fingerprint density at radius 1 is 1.50 bits per heavy atom. The molecule has 1 aliphatic rings. The van der Waals surface area contributed by atoms with Crippen LogP contribution in [0.2, 0.25) is 0 Å². The summed E-state index contributed by atoms with van der Waals surface area (Å²) >= 11 is 1.64. The summed E-state index contributed by atoms with van der Waals surface area (Å²) in [6.07, 6.45) is 3.06. The van der Waals surface area contributed by atoms with Gasteiger partial charge in [-0.25, -0.2) is 0 Å². The molecule has 2 N–H and O–H groups in total. The molecule has 96 valence electrons. The Bertz CT molecular complexity index is 452. The van der Waals surface area contributed by atoms with Crippen LogP contribution in [-0.4, -0.2) is 24.6 Å². The molecule has 1 aromatic carbocycles. The first kappa shape index (κ1) is 13.0. The Balaban J connectivity index is 1.96. The van der Waals surface area contributed by atoms with Crippen molar-refractivity contribution in [2.45, 2.75) is 17.7 Å². The number of anilines is 1. The highest BCUT2D eigenvalue weighted by Gasteiger charge is 2.24. The number of hydrogen-bond acceptors (Lipinski definition) is 3. The number of benzene rings is 1. The van der Waals surface area contributed by atoms with E-state index in [4.69, 9.17) is 0 Å². The Hall–Kier alpha value is -1.49. The summed E-state index contributed by atoms with van der Waals surface area (Å²) in [5.41, 5.74) is 0.809. The third kappa shape index (κ3) is 3.26. The van der Waals surface area contributed by atoms with Crippen LogP contribution in [0.5, 0.6) is 0 Å². The SMILES string of the molecule is CSc1cccc(NC(=O)C2CCC(=O)NC2)c1. The van der Waals surface area contributed by atoms with Crippen LogP contribution in [0.15, 0.2) is 29.2 Å². The molecule has 1 heterocycles. The first-order valence-corrected chi connectivity index (χ1v) is 7.13. The predicted molar refractivity (Wildman–Crippen MR) is 72.6 cm³/mol. The number of rotatable bonds is 3. The van der Waals surface area contributed by atoms with Crippen molar-refractivity contribution in [1.29, 1.82) is 0 Å². The molecule has 1 unspecified atom stereocenters. The minimum atomic E-state index is -0.124. The molecule has 0 radical (unpaired) electrons. The van der Waals surface area contributed by atoms with Gasteiger partial charge in [-0.15, -0.1) is 11.8 Å². The van der Waals surface area contributed by atoms with Crippen LogP contribution in [0.4, 0.5) is 5.69 Å². The summed E-state index contributed by atoms with van der Waals surface area (Å²) in [6.45, 7) is 0.437. The normalized spacial score (nSPS) is 19.2. The van der Waals surface area contributed by atoms with Gasteiger partial charge < -0.3 is 10.6 Å². The highest BCUT2D eigenvalue weighted by Crippen LogP contribution is 2.20. The molecule has 2 rings (SSSR count). The topological polar surface area (TPSA) is 58.2 Å². The van der Waals surface area contributed by atoms with Gasteiger partial charge >= 0.3 is 0 Å². The molecule has 0 aromatic heterocycles. The third-order valence-corrected chi connectivity index (χ3v) is 3.70. The van der Waals surface area contributed by atoms with E-state index in [2.05, 4.69) is 10.6 Å². The monoisotopic (exact) mass is 264 g/mol. The molecule has 1 fully saturated rings. The Morgan fingerprint density at radius 2 is 2.33 bits per heavy atom. The fourth-order valence-electron chi connectivity index (χ4n) is 1.90. The first-order chi connectivity index (χ1) is 8.69. The number of carbonyl (C=O) groups is 2. The van der Waals surface area contributed by atoms with Crippen LogP contribution in [0.1, 0.15) is 12.8 Å². The molecule has 0 spiro atoms. The fourth-order valence-corrected chi connectivity index (χ4v) is 2.36. The minimum Gasteiger partial charge on any atom is -0.355 e. The summed E-state index contributed by atoms with van der Waals surface area (Å²) in [4.78, 5) is 24.1. The molecule has 0 aliphatic carbocycles. The molecule has 4 nitrogen and oxygen atoms in total. The molecule has 0 saturated carbocycles. The third-order valence-electron chi connectivity index (χ3n) is 2.97. The molecule has 5 heteroatoms. The average Bonchev–Trinajstić information content (AvgIpc) is 2.39. The second-order valence-electron chi connectivity index (χ2n) is 4.26. The van der Waals surface area contributed by atoms with Gasteiger partial charge in [0.05, 0.1) is 5.92 Å². The maximum absolute atomic E-state index is 12.0. The zero-order valence-electron chi connectivity index (χ0n) is 10.2. The van der Waals surface area contributed by atoms with E-state index in [-0.39, 0.29) is 17.7 Å². The highest BCUT2D eigenvalue weighted by molar-refractivity contribution is 7.98. The fraction of sp³-hybridized carbons (Fsp3) is 0.385. The lowest BCUT2D eigenvalue weighted by molar-refractivity contribution is -0.126. The molecule has 1 aromatic rings. The van der Waals surface area contributed by atoms with Gasteiger partial charge in [0.15, 0.2) is 0 Å². The summed E-state index contributed by atoms with van der Waals surface area (Å²) in [5.74, 6) is -0.114. The lowest BCUT2D eigenvalue weighted by atomic mass is 9.98. The van der Waals surface area contributed by atoms with E-state index in [0.717, 1.165) is 10.6 Å². The van der Waals surface area contributed by atoms with E-state index in [1.807, 2.05) is 30.5 Å². The Morgan fingerprint density at radius 3 is 3.00 bits per heavy atom. The molecule has 18 heavy (non-hydrogen) atoms. The van der Waals surface area contributed by atoms with Gasteiger partial charge in [0.1, 0.15) is 0 Å².